The van der Waals surface area contributed by atoms with Crippen molar-refractivity contribution >= 4 is 33.0 Å². The van der Waals surface area contributed by atoms with E-state index in [-0.39, 0.29) is 21.2 Å². The van der Waals surface area contributed by atoms with Crippen molar-refractivity contribution in [2.24, 2.45) is 0 Å². The second-order valence-corrected chi connectivity index (χ2v) is 9.64. The molecule has 2 aromatic rings. The van der Waals surface area contributed by atoms with Crippen LogP contribution in [0.4, 0.5) is 27.6 Å². The lowest BCUT2D eigenvalue weighted by Gasteiger charge is -2.24. The van der Waals surface area contributed by atoms with E-state index in [2.05, 4.69) is 4.72 Å². The Hall–Kier alpha value is -2.20. The topological polar surface area (TPSA) is 70.0 Å². The molecule has 4 nitrogen and oxygen atoms in total. The van der Waals surface area contributed by atoms with Crippen molar-refractivity contribution in [2.45, 2.75) is 48.6 Å². The molecular weight excluding hydrogens is 463 g/mol. The number of hydrogen-bond acceptors (Lipinski definition) is 3. The molecule has 1 unspecified atom stereocenters. The fourth-order valence-electron chi connectivity index (χ4n) is 3.40. The average molecular weight is 481 g/mol. The summed E-state index contributed by atoms with van der Waals surface area (Å²) >= 11 is 6.07. The minimum Gasteiger partial charge on any atom is -0.301 e. The van der Waals surface area contributed by atoms with Gasteiger partial charge in [0.05, 0.1) is 27.7 Å². The molecule has 0 aromatic heterocycles. The van der Waals surface area contributed by atoms with E-state index in [9.17, 15) is 26.0 Å². The maximum Gasteiger partial charge on any atom is 0.270 e. The van der Waals surface area contributed by atoms with Crippen LogP contribution in [-0.4, -0.2) is 25.7 Å². The van der Waals surface area contributed by atoms with Crippen LogP contribution >= 0.6 is 11.6 Å². The smallest absolute Gasteiger partial charge is 0.270 e. The second kappa shape index (κ2) is 7.74. The number of nitrogens with one attached hydrogen (secondary N) is 2. The molecule has 11 heteroatoms. The molecule has 1 aliphatic carbocycles. The van der Waals surface area contributed by atoms with Gasteiger partial charge >= 0.3 is 0 Å². The molecule has 1 atom stereocenters. The molecule has 0 amide bonds. The third-order valence-electron chi connectivity index (χ3n) is 5.05. The van der Waals surface area contributed by atoms with E-state index in [1.807, 2.05) is 0 Å². The Morgan fingerprint density at radius 1 is 1.10 bits per heavy atom. The Labute approximate surface area is 181 Å². The van der Waals surface area contributed by atoms with Crippen molar-refractivity contribution in [1.29, 1.82) is 5.41 Å². The predicted octanol–water partition coefficient (Wildman–Crippen LogP) is 6.15. The molecule has 0 bridgehead atoms. The Balaban J connectivity index is 1.96. The monoisotopic (exact) mass is 480 g/mol. The lowest BCUT2D eigenvalue weighted by atomic mass is 9.91. The van der Waals surface area contributed by atoms with Gasteiger partial charge in [0.2, 0.25) is 0 Å². The Morgan fingerprint density at radius 3 is 2.23 bits per heavy atom. The molecule has 1 fully saturated rings. The van der Waals surface area contributed by atoms with Crippen molar-refractivity contribution in [1.82, 2.24) is 0 Å². The molecule has 0 saturated heterocycles. The molecule has 2 aromatic carbocycles. The van der Waals surface area contributed by atoms with Gasteiger partial charge in [-0.1, -0.05) is 29.8 Å². The summed E-state index contributed by atoms with van der Waals surface area (Å²) in [6.45, 7) is 0.665. The standard InChI is InChI=1S/C20H18ClF5N2O2S/c1-18(22,23)12-5-7-13(8-6-12)31(29,30)28-15-4-2-3-14(21)16(15)17(27)19(24)9-10-20(25,26)11-19/h2-8,27-28H,9-11H2,1H3. The summed E-state index contributed by atoms with van der Waals surface area (Å²) in [5.41, 5.74) is -4.56. The fraction of sp³-hybridized carbons (Fsp3) is 0.350. The maximum atomic E-state index is 15.1. The summed E-state index contributed by atoms with van der Waals surface area (Å²) in [5, 5.41) is 7.98. The largest absolute Gasteiger partial charge is 0.301 e. The highest BCUT2D eigenvalue weighted by Gasteiger charge is 2.53. The number of anilines is 1. The first kappa shape index (κ1) is 23.5. The van der Waals surface area contributed by atoms with Crippen molar-refractivity contribution in [3.8, 4) is 0 Å². The summed E-state index contributed by atoms with van der Waals surface area (Å²) in [6.07, 6.45) is -2.56. The van der Waals surface area contributed by atoms with Crippen LogP contribution in [0.2, 0.25) is 5.02 Å². The number of rotatable bonds is 6. The Kier molecular flexibility index (Phi) is 5.86. The zero-order valence-corrected chi connectivity index (χ0v) is 17.7. The van der Waals surface area contributed by atoms with Crippen molar-refractivity contribution < 1.29 is 30.4 Å². The summed E-state index contributed by atoms with van der Waals surface area (Å²) in [4.78, 5) is -0.361. The number of hydrogen-bond donors (Lipinski definition) is 2. The van der Waals surface area contributed by atoms with Crippen LogP contribution in [0.3, 0.4) is 0 Å². The maximum absolute atomic E-state index is 15.1. The lowest BCUT2D eigenvalue weighted by molar-refractivity contribution is -0.00125. The van der Waals surface area contributed by atoms with Gasteiger partial charge in [-0.3, -0.25) is 4.72 Å². The number of sulfonamides is 1. The zero-order chi connectivity index (χ0) is 23.2. The van der Waals surface area contributed by atoms with Gasteiger partial charge in [0.25, 0.3) is 21.9 Å². The van der Waals surface area contributed by atoms with Gasteiger partial charge < -0.3 is 5.41 Å². The minimum absolute atomic E-state index is 0.196. The van der Waals surface area contributed by atoms with Gasteiger partial charge in [0.15, 0.2) is 5.67 Å². The Morgan fingerprint density at radius 2 is 1.71 bits per heavy atom. The first-order valence-corrected chi connectivity index (χ1v) is 11.0. The van der Waals surface area contributed by atoms with Gasteiger partial charge in [-0.15, -0.1) is 0 Å². The van der Waals surface area contributed by atoms with E-state index in [0.29, 0.717) is 6.92 Å². The molecular formula is C20H18ClF5N2O2S. The predicted molar refractivity (Wildman–Crippen MR) is 108 cm³/mol. The third-order valence-corrected chi connectivity index (χ3v) is 6.75. The first-order valence-electron chi connectivity index (χ1n) is 9.11. The second-order valence-electron chi connectivity index (χ2n) is 7.55. The van der Waals surface area contributed by atoms with Crippen LogP contribution in [0.15, 0.2) is 47.4 Å². The summed E-state index contributed by atoms with van der Waals surface area (Å²) < 4.78 is 96.7. The van der Waals surface area contributed by atoms with Crippen LogP contribution in [0.1, 0.15) is 37.3 Å². The van der Waals surface area contributed by atoms with Gasteiger partial charge in [-0.05, 0) is 30.7 Å². The van der Waals surface area contributed by atoms with Crippen molar-refractivity contribution in [2.75, 3.05) is 4.72 Å². The summed E-state index contributed by atoms with van der Waals surface area (Å²) in [5.74, 6) is -6.45. The van der Waals surface area contributed by atoms with Crippen LogP contribution < -0.4 is 4.72 Å². The van der Waals surface area contributed by atoms with E-state index in [4.69, 9.17) is 17.0 Å². The van der Waals surface area contributed by atoms with Gasteiger partial charge in [-0.25, -0.2) is 30.4 Å². The number of alkyl halides is 5. The number of benzene rings is 2. The summed E-state index contributed by atoms with van der Waals surface area (Å²) in [7, 11) is -4.34. The quantitative estimate of drug-likeness (QED) is 0.384. The Bertz CT molecular complexity index is 1120. The van der Waals surface area contributed by atoms with Crippen LogP contribution in [0.5, 0.6) is 0 Å². The van der Waals surface area contributed by atoms with Gasteiger partial charge in [-0.2, -0.15) is 0 Å². The zero-order valence-electron chi connectivity index (χ0n) is 16.2. The highest BCUT2D eigenvalue weighted by atomic mass is 35.5. The average Bonchev–Trinajstić information content (AvgIpc) is 2.95. The van der Waals surface area contributed by atoms with E-state index in [1.165, 1.54) is 18.2 Å². The molecule has 0 aliphatic heterocycles. The highest BCUT2D eigenvalue weighted by molar-refractivity contribution is 7.92. The third kappa shape index (κ3) is 4.85. The van der Waals surface area contributed by atoms with Crippen LogP contribution in [0.25, 0.3) is 0 Å². The highest BCUT2D eigenvalue weighted by Crippen LogP contribution is 2.47. The van der Waals surface area contributed by atoms with Crippen LogP contribution in [0, 0.1) is 5.41 Å². The molecule has 0 radical (unpaired) electrons. The van der Waals surface area contributed by atoms with E-state index in [0.717, 1.165) is 24.3 Å². The SMILES string of the molecule is CC(F)(F)c1ccc(S(=O)(=O)Nc2cccc(Cl)c2C(=N)C2(F)CCC(F)(F)C2)cc1. The molecule has 0 spiro atoms. The van der Waals surface area contributed by atoms with Gasteiger partial charge in [0.1, 0.15) is 0 Å². The molecule has 1 aliphatic rings. The molecule has 0 heterocycles. The van der Waals surface area contributed by atoms with E-state index < -0.39 is 58.1 Å². The van der Waals surface area contributed by atoms with Crippen LogP contribution in [-0.2, 0) is 15.9 Å². The molecule has 1 saturated carbocycles. The normalized spacial score (nSPS) is 21.1. The molecule has 168 valence electrons. The van der Waals surface area contributed by atoms with E-state index in [1.54, 1.807) is 0 Å². The number of halogens is 6. The van der Waals surface area contributed by atoms with Crippen molar-refractivity contribution in [3.63, 3.8) is 0 Å². The van der Waals surface area contributed by atoms with Gasteiger partial charge in [0, 0.05) is 24.5 Å². The molecule has 2 N–H and O–H groups in total. The van der Waals surface area contributed by atoms with E-state index >= 15 is 4.39 Å². The first-order chi connectivity index (χ1) is 14.1. The van der Waals surface area contributed by atoms with Crippen molar-refractivity contribution in [3.05, 3.63) is 58.6 Å². The summed E-state index contributed by atoms with van der Waals surface area (Å²) in [6, 6.07) is 7.67. The molecule has 31 heavy (non-hydrogen) atoms. The minimum atomic E-state index is -4.34. The fourth-order valence-corrected chi connectivity index (χ4v) is 4.74. The molecule has 3 rings (SSSR count). The lowest BCUT2D eigenvalue weighted by Crippen LogP contribution is -2.33.